The summed E-state index contributed by atoms with van der Waals surface area (Å²) in [6, 6.07) is 1.78. The summed E-state index contributed by atoms with van der Waals surface area (Å²) in [5, 5.41) is 5.85. The average Bonchev–Trinajstić information content (AvgIpc) is 2.38. The second-order valence-electron chi connectivity index (χ2n) is 4.69. The molecule has 1 atom stereocenters. The van der Waals surface area contributed by atoms with Gasteiger partial charge in [-0.1, -0.05) is 18.5 Å². The molecular formula is C14H20ClN3O2. The van der Waals surface area contributed by atoms with Gasteiger partial charge >= 0.3 is 0 Å². The van der Waals surface area contributed by atoms with Gasteiger partial charge in [0, 0.05) is 30.9 Å². The van der Waals surface area contributed by atoms with Crippen molar-refractivity contribution < 1.29 is 9.59 Å². The summed E-state index contributed by atoms with van der Waals surface area (Å²) < 4.78 is 0. The fourth-order valence-corrected chi connectivity index (χ4v) is 1.82. The fraction of sp³-hybridized carbons (Fsp3) is 0.500. The summed E-state index contributed by atoms with van der Waals surface area (Å²) in [7, 11) is 0. The van der Waals surface area contributed by atoms with E-state index in [1.54, 1.807) is 13.0 Å². The van der Waals surface area contributed by atoms with Gasteiger partial charge in [0.1, 0.15) is 0 Å². The number of aryl methyl sites for hydroxylation is 1. The number of carbonyl (C=O) groups excluding carboxylic acids is 2. The maximum absolute atomic E-state index is 11.9. The van der Waals surface area contributed by atoms with Crippen LogP contribution in [0, 0.1) is 6.92 Å². The van der Waals surface area contributed by atoms with Crippen molar-refractivity contribution in [3.05, 3.63) is 28.5 Å². The van der Waals surface area contributed by atoms with Gasteiger partial charge in [-0.3, -0.25) is 14.6 Å². The minimum atomic E-state index is -0.321. The largest absolute Gasteiger partial charge is 0.354 e. The molecule has 110 valence electrons. The number of halogens is 1. The molecule has 0 fully saturated rings. The number of nitrogens with zero attached hydrogens (tertiary/aromatic N) is 1. The van der Waals surface area contributed by atoms with E-state index in [1.165, 1.54) is 6.20 Å². The molecular weight excluding hydrogens is 278 g/mol. The molecule has 6 heteroatoms. The number of hydrogen-bond acceptors (Lipinski definition) is 3. The first-order chi connectivity index (χ1) is 9.43. The zero-order valence-electron chi connectivity index (χ0n) is 12.0. The molecule has 0 saturated heterocycles. The predicted molar refractivity (Wildman–Crippen MR) is 78.8 cm³/mol. The molecule has 0 saturated carbocycles. The Morgan fingerprint density at radius 3 is 2.75 bits per heavy atom. The Labute approximate surface area is 124 Å². The van der Waals surface area contributed by atoms with Crippen LogP contribution in [0.2, 0.25) is 5.02 Å². The molecule has 1 heterocycles. The zero-order valence-corrected chi connectivity index (χ0v) is 12.8. The van der Waals surface area contributed by atoms with Crippen LogP contribution in [0.1, 0.15) is 42.7 Å². The lowest BCUT2D eigenvalue weighted by atomic mass is 10.2. The van der Waals surface area contributed by atoms with E-state index in [-0.39, 0.29) is 30.8 Å². The lowest BCUT2D eigenvalue weighted by molar-refractivity contribution is -0.121. The van der Waals surface area contributed by atoms with Crippen LogP contribution in [0.5, 0.6) is 0 Å². The SMILES string of the molecule is CCC(C)NC(=O)CCNC(=O)c1cnc(C)cc1Cl. The topological polar surface area (TPSA) is 71.1 Å². The van der Waals surface area contributed by atoms with E-state index < -0.39 is 0 Å². The van der Waals surface area contributed by atoms with Crippen LogP contribution in [0.3, 0.4) is 0 Å². The molecule has 0 bridgehead atoms. The summed E-state index contributed by atoms with van der Waals surface area (Å²) in [5.41, 5.74) is 1.07. The monoisotopic (exact) mass is 297 g/mol. The van der Waals surface area contributed by atoms with Crippen molar-refractivity contribution in [2.75, 3.05) is 6.54 Å². The fourth-order valence-electron chi connectivity index (χ4n) is 1.53. The van der Waals surface area contributed by atoms with Crippen LogP contribution in [-0.4, -0.2) is 29.4 Å². The molecule has 0 spiro atoms. The van der Waals surface area contributed by atoms with Gasteiger partial charge in [-0.25, -0.2) is 0 Å². The first kappa shape index (κ1) is 16.4. The number of nitrogens with one attached hydrogen (secondary N) is 2. The second kappa shape index (κ2) is 7.85. The molecule has 1 aromatic heterocycles. The molecule has 5 nitrogen and oxygen atoms in total. The van der Waals surface area contributed by atoms with Crippen LogP contribution < -0.4 is 10.6 Å². The van der Waals surface area contributed by atoms with Gasteiger partial charge in [-0.15, -0.1) is 0 Å². The van der Waals surface area contributed by atoms with E-state index >= 15 is 0 Å². The Morgan fingerprint density at radius 2 is 2.15 bits per heavy atom. The number of rotatable bonds is 6. The Morgan fingerprint density at radius 1 is 1.45 bits per heavy atom. The quantitative estimate of drug-likeness (QED) is 0.844. The number of pyridine rings is 1. The van der Waals surface area contributed by atoms with Crippen molar-refractivity contribution in [2.45, 2.75) is 39.7 Å². The standard InChI is InChI=1S/C14H20ClN3O2/c1-4-9(2)18-13(19)5-6-16-14(20)11-8-17-10(3)7-12(11)15/h7-9H,4-6H2,1-3H3,(H,16,20)(H,18,19). The van der Waals surface area contributed by atoms with Crippen LogP contribution >= 0.6 is 11.6 Å². The Hall–Kier alpha value is -1.62. The molecule has 1 aromatic rings. The molecule has 0 aliphatic heterocycles. The van der Waals surface area contributed by atoms with Gasteiger partial charge in [-0.2, -0.15) is 0 Å². The molecule has 0 aliphatic carbocycles. The van der Waals surface area contributed by atoms with Gasteiger partial charge in [0.15, 0.2) is 0 Å². The highest BCUT2D eigenvalue weighted by Gasteiger charge is 2.11. The highest BCUT2D eigenvalue weighted by atomic mass is 35.5. The van der Waals surface area contributed by atoms with E-state index in [9.17, 15) is 9.59 Å². The summed E-state index contributed by atoms with van der Waals surface area (Å²) in [4.78, 5) is 27.4. The third kappa shape index (κ3) is 5.17. The highest BCUT2D eigenvalue weighted by molar-refractivity contribution is 6.33. The van der Waals surface area contributed by atoms with Gasteiger partial charge < -0.3 is 10.6 Å². The van der Waals surface area contributed by atoms with E-state index in [0.29, 0.717) is 10.6 Å². The van der Waals surface area contributed by atoms with Gasteiger partial charge in [-0.05, 0) is 26.3 Å². The first-order valence-corrected chi connectivity index (χ1v) is 7.01. The van der Waals surface area contributed by atoms with E-state index in [0.717, 1.165) is 12.1 Å². The smallest absolute Gasteiger partial charge is 0.254 e. The number of hydrogen-bond donors (Lipinski definition) is 2. The minimum Gasteiger partial charge on any atom is -0.354 e. The third-order valence-corrected chi connectivity index (χ3v) is 3.20. The summed E-state index contributed by atoms with van der Waals surface area (Å²) in [5.74, 6) is -0.397. The molecule has 0 aromatic carbocycles. The average molecular weight is 298 g/mol. The summed E-state index contributed by atoms with van der Waals surface area (Å²) >= 11 is 5.97. The minimum absolute atomic E-state index is 0.0761. The van der Waals surface area contributed by atoms with Crippen LogP contribution in [-0.2, 0) is 4.79 Å². The lowest BCUT2D eigenvalue weighted by Gasteiger charge is -2.11. The van der Waals surface area contributed by atoms with E-state index in [4.69, 9.17) is 11.6 Å². The summed E-state index contributed by atoms with van der Waals surface area (Å²) in [6.07, 6.45) is 2.56. The van der Waals surface area contributed by atoms with E-state index in [1.807, 2.05) is 13.8 Å². The Balaban J connectivity index is 2.42. The number of aromatic nitrogens is 1. The van der Waals surface area contributed by atoms with Crippen LogP contribution in [0.15, 0.2) is 12.3 Å². The highest BCUT2D eigenvalue weighted by Crippen LogP contribution is 2.15. The molecule has 1 unspecified atom stereocenters. The van der Waals surface area contributed by atoms with Gasteiger partial charge in [0.05, 0.1) is 10.6 Å². The first-order valence-electron chi connectivity index (χ1n) is 6.63. The zero-order chi connectivity index (χ0) is 15.1. The third-order valence-electron chi connectivity index (χ3n) is 2.89. The normalized spacial score (nSPS) is 11.8. The maximum Gasteiger partial charge on any atom is 0.254 e. The molecule has 0 aliphatic rings. The Kier molecular flexibility index (Phi) is 6.45. The molecule has 0 radical (unpaired) electrons. The van der Waals surface area contributed by atoms with Crippen molar-refractivity contribution in [1.29, 1.82) is 0 Å². The summed E-state index contributed by atoms with van der Waals surface area (Å²) in [6.45, 7) is 6.01. The van der Waals surface area contributed by atoms with E-state index in [2.05, 4.69) is 15.6 Å². The predicted octanol–water partition coefficient (Wildman–Crippen LogP) is 2.08. The lowest BCUT2D eigenvalue weighted by Crippen LogP contribution is -2.35. The number of amides is 2. The molecule has 2 amide bonds. The van der Waals surface area contributed by atoms with Crippen molar-refractivity contribution in [1.82, 2.24) is 15.6 Å². The molecule has 1 rings (SSSR count). The second-order valence-corrected chi connectivity index (χ2v) is 5.10. The maximum atomic E-state index is 11.9. The van der Waals surface area contributed by atoms with Crippen LogP contribution in [0.25, 0.3) is 0 Å². The van der Waals surface area contributed by atoms with Crippen molar-refractivity contribution >= 4 is 23.4 Å². The molecule has 20 heavy (non-hydrogen) atoms. The number of carbonyl (C=O) groups is 2. The van der Waals surface area contributed by atoms with Crippen molar-refractivity contribution in [3.8, 4) is 0 Å². The van der Waals surface area contributed by atoms with Crippen LogP contribution in [0.4, 0.5) is 0 Å². The van der Waals surface area contributed by atoms with Gasteiger partial charge in [0.2, 0.25) is 5.91 Å². The Bertz CT molecular complexity index is 491. The van der Waals surface area contributed by atoms with Gasteiger partial charge in [0.25, 0.3) is 5.91 Å². The molecule has 2 N–H and O–H groups in total. The van der Waals surface area contributed by atoms with Crippen molar-refractivity contribution in [2.24, 2.45) is 0 Å². The van der Waals surface area contributed by atoms with Crippen molar-refractivity contribution in [3.63, 3.8) is 0 Å².